The molecule has 4 rings (SSSR count). The molecule has 0 bridgehead atoms. The summed E-state index contributed by atoms with van der Waals surface area (Å²) in [4.78, 5) is 21.2. The van der Waals surface area contributed by atoms with Gasteiger partial charge >= 0.3 is 6.03 Å². The third-order valence-electron chi connectivity index (χ3n) is 4.99. The number of nitrogens with zero attached hydrogens (tertiary/aromatic N) is 3. The van der Waals surface area contributed by atoms with Crippen LogP contribution in [0.1, 0.15) is 17.0 Å². The molecule has 140 valence electrons. The van der Waals surface area contributed by atoms with Crippen LogP contribution in [0.4, 0.5) is 10.5 Å². The van der Waals surface area contributed by atoms with Crippen molar-refractivity contribution in [2.24, 2.45) is 0 Å². The number of piperazine rings is 1. The van der Waals surface area contributed by atoms with Crippen LogP contribution in [0.3, 0.4) is 0 Å². The summed E-state index contributed by atoms with van der Waals surface area (Å²) in [6.07, 6.45) is 0. The lowest BCUT2D eigenvalue weighted by Crippen LogP contribution is -2.49. The van der Waals surface area contributed by atoms with Gasteiger partial charge < -0.3 is 14.6 Å². The zero-order valence-corrected chi connectivity index (χ0v) is 15.7. The lowest BCUT2D eigenvalue weighted by atomic mass is 10.2. The zero-order valence-electron chi connectivity index (χ0n) is 15.7. The quantitative estimate of drug-likeness (QED) is 0.768. The fourth-order valence-electron chi connectivity index (χ4n) is 3.36. The molecule has 27 heavy (non-hydrogen) atoms. The maximum Gasteiger partial charge on any atom is 0.321 e. The second-order valence-corrected chi connectivity index (χ2v) is 7.09. The van der Waals surface area contributed by atoms with Crippen molar-refractivity contribution in [3.63, 3.8) is 0 Å². The summed E-state index contributed by atoms with van der Waals surface area (Å²) in [7, 11) is 0. The smallest absolute Gasteiger partial charge is 0.321 e. The van der Waals surface area contributed by atoms with Crippen LogP contribution in [-0.2, 0) is 6.54 Å². The molecule has 2 heterocycles. The van der Waals surface area contributed by atoms with Gasteiger partial charge in [0.05, 0.1) is 6.54 Å². The van der Waals surface area contributed by atoms with E-state index in [4.69, 9.17) is 4.42 Å². The van der Waals surface area contributed by atoms with E-state index < -0.39 is 0 Å². The van der Waals surface area contributed by atoms with Crippen LogP contribution in [-0.4, -0.2) is 47.0 Å². The lowest BCUT2D eigenvalue weighted by Gasteiger charge is -2.34. The van der Waals surface area contributed by atoms with E-state index in [0.717, 1.165) is 41.3 Å². The van der Waals surface area contributed by atoms with Crippen molar-refractivity contribution in [1.29, 1.82) is 0 Å². The van der Waals surface area contributed by atoms with Gasteiger partial charge in [-0.25, -0.2) is 9.78 Å². The standard InChI is InChI=1S/C21H24N4O2/c1-15-7-8-19-18(13-15)22-20(27-19)14-24-9-11-25(12-10-24)21(26)23-17-6-4-3-5-16(17)2/h3-8,13H,9-12,14H2,1-2H3,(H,23,26). The molecule has 0 radical (unpaired) electrons. The van der Waals surface area contributed by atoms with Crippen LogP contribution in [0.25, 0.3) is 11.1 Å². The van der Waals surface area contributed by atoms with Gasteiger partial charge in [-0.2, -0.15) is 0 Å². The molecule has 0 saturated carbocycles. The van der Waals surface area contributed by atoms with Gasteiger partial charge in [0.2, 0.25) is 5.89 Å². The molecule has 1 aliphatic rings. The number of aromatic nitrogens is 1. The molecular weight excluding hydrogens is 340 g/mol. The minimum atomic E-state index is -0.0405. The van der Waals surface area contributed by atoms with Gasteiger partial charge in [0.25, 0.3) is 0 Å². The number of hydrogen-bond acceptors (Lipinski definition) is 4. The fourth-order valence-corrected chi connectivity index (χ4v) is 3.36. The van der Waals surface area contributed by atoms with Crippen molar-refractivity contribution < 1.29 is 9.21 Å². The van der Waals surface area contributed by atoms with Crippen molar-refractivity contribution in [3.8, 4) is 0 Å². The van der Waals surface area contributed by atoms with Crippen LogP contribution < -0.4 is 5.32 Å². The molecule has 0 spiro atoms. The summed E-state index contributed by atoms with van der Waals surface area (Å²) in [5, 5.41) is 3.01. The van der Waals surface area contributed by atoms with Gasteiger partial charge in [0.15, 0.2) is 5.58 Å². The third-order valence-corrected chi connectivity index (χ3v) is 4.99. The molecular formula is C21H24N4O2. The van der Waals surface area contributed by atoms with E-state index in [2.05, 4.69) is 22.1 Å². The highest BCUT2D eigenvalue weighted by atomic mass is 16.3. The Balaban J connectivity index is 1.33. The number of fused-ring (bicyclic) bond motifs is 1. The molecule has 2 amide bonds. The Kier molecular flexibility index (Phi) is 4.81. The number of hydrogen-bond donors (Lipinski definition) is 1. The van der Waals surface area contributed by atoms with E-state index in [0.29, 0.717) is 19.6 Å². The maximum atomic E-state index is 12.5. The van der Waals surface area contributed by atoms with Crippen molar-refractivity contribution >= 4 is 22.8 Å². The van der Waals surface area contributed by atoms with Gasteiger partial charge in [0.1, 0.15) is 5.52 Å². The van der Waals surface area contributed by atoms with E-state index in [-0.39, 0.29) is 6.03 Å². The summed E-state index contributed by atoms with van der Waals surface area (Å²) >= 11 is 0. The number of anilines is 1. The SMILES string of the molecule is Cc1ccc2oc(CN3CCN(C(=O)Nc4ccccc4C)CC3)nc2c1. The van der Waals surface area contributed by atoms with E-state index in [1.54, 1.807) is 0 Å². The van der Waals surface area contributed by atoms with Crippen LogP contribution in [0, 0.1) is 13.8 Å². The highest BCUT2D eigenvalue weighted by Crippen LogP contribution is 2.19. The Hall–Kier alpha value is -2.86. The van der Waals surface area contributed by atoms with E-state index in [1.807, 2.05) is 54.3 Å². The average Bonchev–Trinajstić information content (AvgIpc) is 3.05. The van der Waals surface area contributed by atoms with Crippen LogP contribution in [0.5, 0.6) is 0 Å². The first kappa shape index (κ1) is 17.5. The van der Waals surface area contributed by atoms with Crippen molar-refractivity contribution in [3.05, 3.63) is 59.5 Å². The monoisotopic (exact) mass is 364 g/mol. The third kappa shape index (κ3) is 3.95. The van der Waals surface area contributed by atoms with Gasteiger partial charge in [-0.05, 0) is 43.2 Å². The normalized spacial score (nSPS) is 15.3. The first-order valence-electron chi connectivity index (χ1n) is 9.28. The molecule has 1 N–H and O–H groups in total. The molecule has 6 heteroatoms. The number of nitrogens with one attached hydrogen (secondary N) is 1. The molecule has 1 aliphatic heterocycles. The Morgan fingerprint density at radius 3 is 2.67 bits per heavy atom. The number of amides is 2. The Labute approximate surface area is 158 Å². The predicted octanol–water partition coefficient (Wildman–Crippen LogP) is 3.79. The molecule has 1 saturated heterocycles. The summed E-state index contributed by atoms with van der Waals surface area (Å²) in [6, 6.07) is 13.8. The van der Waals surface area contributed by atoms with Crippen molar-refractivity contribution in [2.75, 3.05) is 31.5 Å². The Bertz CT molecular complexity index is 958. The Morgan fingerprint density at radius 1 is 1.11 bits per heavy atom. The van der Waals surface area contributed by atoms with Gasteiger partial charge in [-0.15, -0.1) is 0 Å². The minimum Gasteiger partial charge on any atom is -0.439 e. The van der Waals surface area contributed by atoms with Crippen molar-refractivity contribution in [1.82, 2.24) is 14.8 Å². The fraction of sp³-hybridized carbons (Fsp3) is 0.333. The number of aryl methyl sites for hydroxylation is 2. The van der Waals surface area contributed by atoms with Crippen LogP contribution >= 0.6 is 0 Å². The zero-order chi connectivity index (χ0) is 18.8. The number of urea groups is 1. The predicted molar refractivity (Wildman–Crippen MR) is 106 cm³/mol. The Morgan fingerprint density at radius 2 is 1.89 bits per heavy atom. The highest BCUT2D eigenvalue weighted by molar-refractivity contribution is 5.90. The summed E-state index contributed by atoms with van der Waals surface area (Å²) < 4.78 is 5.85. The molecule has 0 atom stereocenters. The second kappa shape index (κ2) is 7.40. The van der Waals surface area contributed by atoms with E-state index in [1.165, 1.54) is 5.56 Å². The lowest BCUT2D eigenvalue weighted by molar-refractivity contribution is 0.136. The molecule has 3 aromatic rings. The average molecular weight is 364 g/mol. The maximum absolute atomic E-state index is 12.5. The number of oxazole rings is 1. The molecule has 6 nitrogen and oxygen atoms in total. The number of benzene rings is 2. The first-order chi connectivity index (χ1) is 13.1. The summed E-state index contributed by atoms with van der Waals surface area (Å²) in [5.74, 6) is 0.730. The summed E-state index contributed by atoms with van der Waals surface area (Å²) in [6.45, 7) is 7.71. The molecule has 1 aromatic heterocycles. The molecule has 1 fully saturated rings. The number of rotatable bonds is 3. The van der Waals surface area contributed by atoms with Crippen LogP contribution in [0.2, 0.25) is 0 Å². The largest absolute Gasteiger partial charge is 0.439 e. The first-order valence-corrected chi connectivity index (χ1v) is 9.28. The van der Waals surface area contributed by atoms with E-state index in [9.17, 15) is 4.79 Å². The summed E-state index contributed by atoms with van der Waals surface area (Å²) in [5.41, 5.74) is 4.84. The number of para-hydroxylation sites is 1. The van der Waals surface area contributed by atoms with Gasteiger partial charge in [-0.1, -0.05) is 24.3 Å². The van der Waals surface area contributed by atoms with Crippen LogP contribution in [0.15, 0.2) is 46.9 Å². The minimum absolute atomic E-state index is 0.0405. The topological polar surface area (TPSA) is 61.6 Å². The number of carbonyl (C=O) groups is 1. The van der Waals surface area contributed by atoms with Gasteiger partial charge in [-0.3, -0.25) is 4.90 Å². The van der Waals surface area contributed by atoms with E-state index >= 15 is 0 Å². The second-order valence-electron chi connectivity index (χ2n) is 7.09. The van der Waals surface area contributed by atoms with Crippen molar-refractivity contribution in [2.45, 2.75) is 20.4 Å². The number of carbonyl (C=O) groups excluding carboxylic acids is 1. The molecule has 2 aromatic carbocycles. The molecule has 0 aliphatic carbocycles. The van der Waals surface area contributed by atoms with Gasteiger partial charge in [0, 0.05) is 31.9 Å². The molecule has 0 unspecified atom stereocenters. The highest BCUT2D eigenvalue weighted by Gasteiger charge is 2.22.